The predicted octanol–water partition coefficient (Wildman–Crippen LogP) is -1.98. The lowest BCUT2D eigenvalue weighted by Crippen LogP contribution is -2.10. The smallest absolute Gasteiger partial charge is 0.317 e. The second-order valence-corrected chi connectivity index (χ2v) is 2.73. The van der Waals surface area contributed by atoms with Crippen molar-refractivity contribution in [2.75, 3.05) is 6.54 Å². The number of Topliss-reactive ketones (excluding diaryl/α,β-unsaturated/α-hetero) is 1. The van der Waals surface area contributed by atoms with Gasteiger partial charge in [0.05, 0.1) is 24.9 Å². The van der Waals surface area contributed by atoms with Crippen molar-refractivity contribution in [1.82, 2.24) is 0 Å². The topological polar surface area (TPSA) is 144 Å². The Morgan fingerprint density at radius 2 is 1.64 bits per heavy atom. The number of hydrogen-bond acceptors (Lipinski definition) is 5. The van der Waals surface area contributed by atoms with Crippen molar-refractivity contribution in [3.05, 3.63) is 0 Å². The third kappa shape index (κ3) is 4.53. The molecule has 6 N–H and O–H groups in total. The van der Waals surface area contributed by atoms with E-state index in [2.05, 4.69) is 5.73 Å². The average molecular weight is 204 g/mol. The second kappa shape index (κ2) is 5.30. The maximum absolute atomic E-state index is 10.4. The third-order valence-corrected chi connectivity index (χ3v) is 1.59. The van der Waals surface area contributed by atoms with Crippen LogP contribution in [0.25, 0.3) is 0 Å². The highest BCUT2D eigenvalue weighted by molar-refractivity contribution is 6.04. The highest BCUT2D eigenvalue weighted by Crippen LogP contribution is 2.25. The van der Waals surface area contributed by atoms with E-state index in [0.29, 0.717) is 0 Å². The molecule has 2 atom stereocenters. The highest BCUT2D eigenvalue weighted by atomic mass is 16.4. The van der Waals surface area contributed by atoms with Crippen LogP contribution < -0.4 is 11.5 Å². The first kappa shape index (κ1) is 12.5. The summed E-state index contributed by atoms with van der Waals surface area (Å²) >= 11 is 0. The Hall–Kier alpha value is -1.47. The van der Waals surface area contributed by atoms with Crippen molar-refractivity contribution in [1.29, 1.82) is 0 Å². The van der Waals surface area contributed by atoms with Crippen LogP contribution in [-0.2, 0) is 14.4 Å². The zero-order chi connectivity index (χ0) is 11.3. The molecular formula is C7H12N2O5. The summed E-state index contributed by atoms with van der Waals surface area (Å²) in [5, 5.41) is 15.7. The molecule has 2 unspecified atom stereocenters. The molecule has 0 saturated heterocycles. The molecule has 1 rings (SSSR count). The van der Waals surface area contributed by atoms with Crippen LogP contribution in [0.15, 0.2) is 0 Å². The van der Waals surface area contributed by atoms with Crippen LogP contribution in [0.4, 0.5) is 0 Å². The molecule has 0 bridgehead atoms. The normalized spacial score (nSPS) is 23.4. The lowest BCUT2D eigenvalue weighted by molar-refractivity contribution is -0.138. The van der Waals surface area contributed by atoms with Gasteiger partial charge >= 0.3 is 11.9 Å². The summed E-state index contributed by atoms with van der Waals surface area (Å²) < 4.78 is 0. The Balaban J connectivity index is 0.000000292. The Labute approximate surface area is 79.7 Å². The van der Waals surface area contributed by atoms with Crippen molar-refractivity contribution in [2.24, 2.45) is 17.4 Å². The van der Waals surface area contributed by atoms with E-state index in [-0.39, 0.29) is 18.7 Å². The van der Waals surface area contributed by atoms with Crippen LogP contribution in [0.1, 0.15) is 6.42 Å². The number of rotatable bonds is 3. The van der Waals surface area contributed by atoms with Crippen LogP contribution in [0, 0.1) is 5.92 Å². The van der Waals surface area contributed by atoms with E-state index in [1.165, 1.54) is 0 Å². The summed E-state index contributed by atoms with van der Waals surface area (Å²) in [5.74, 6) is -2.45. The zero-order valence-electron chi connectivity index (χ0n) is 7.34. The molecule has 0 spiro atoms. The fourth-order valence-corrected chi connectivity index (χ4v) is 0.729. The Morgan fingerprint density at radius 3 is 1.71 bits per heavy atom. The quantitative estimate of drug-likeness (QED) is 0.416. The molecule has 0 radical (unpaired) electrons. The first-order valence-corrected chi connectivity index (χ1v) is 3.83. The SMILES string of the molecule is NC1C(=O)C1CC(=O)O.NCC(=O)O. The van der Waals surface area contributed by atoms with Crippen LogP contribution in [0.3, 0.4) is 0 Å². The van der Waals surface area contributed by atoms with Gasteiger partial charge in [0.15, 0.2) is 5.78 Å². The fraction of sp³-hybridized carbons (Fsp3) is 0.571. The largest absolute Gasteiger partial charge is 0.481 e. The molecule has 0 heterocycles. The van der Waals surface area contributed by atoms with Gasteiger partial charge in [-0.15, -0.1) is 0 Å². The van der Waals surface area contributed by atoms with Gasteiger partial charge in [0.25, 0.3) is 0 Å². The molecule has 1 saturated carbocycles. The van der Waals surface area contributed by atoms with E-state index in [9.17, 15) is 14.4 Å². The van der Waals surface area contributed by atoms with E-state index in [1.54, 1.807) is 0 Å². The van der Waals surface area contributed by atoms with Crippen LogP contribution >= 0.6 is 0 Å². The van der Waals surface area contributed by atoms with E-state index in [0.717, 1.165) is 0 Å². The summed E-state index contributed by atoms with van der Waals surface area (Å²) in [7, 11) is 0. The third-order valence-electron chi connectivity index (χ3n) is 1.59. The number of aliphatic carboxylic acids is 2. The molecule has 7 heteroatoms. The van der Waals surface area contributed by atoms with Gasteiger partial charge in [-0.3, -0.25) is 14.4 Å². The summed E-state index contributed by atoms with van der Waals surface area (Å²) in [5.41, 5.74) is 9.72. The van der Waals surface area contributed by atoms with Gasteiger partial charge in [0, 0.05) is 0 Å². The molecule has 0 aliphatic heterocycles. The number of carbonyl (C=O) groups is 3. The van der Waals surface area contributed by atoms with E-state index < -0.39 is 23.9 Å². The Morgan fingerprint density at radius 1 is 1.29 bits per heavy atom. The number of carboxylic acids is 2. The van der Waals surface area contributed by atoms with Crippen molar-refractivity contribution < 1.29 is 24.6 Å². The first-order valence-electron chi connectivity index (χ1n) is 3.83. The highest BCUT2D eigenvalue weighted by Gasteiger charge is 2.47. The van der Waals surface area contributed by atoms with Crippen molar-refractivity contribution >= 4 is 17.7 Å². The van der Waals surface area contributed by atoms with Gasteiger partial charge < -0.3 is 21.7 Å². The molecule has 1 aliphatic rings. The summed E-state index contributed by atoms with van der Waals surface area (Å²) in [6.45, 7) is -0.278. The van der Waals surface area contributed by atoms with E-state index in [4.69, 9.17) is 15.9 Å². The summed E-state index contributed by atoms with van der Waals surface area (Å²) in [6, 6.07) is -0.499. The molecule has 14 heavy (non-hydrogen) atoms. The minimum Gasteiger partial charge on any atom is -0.481 e. The van der Waals surface area contributed by atoms with E-state index >= 15 is 0 Å². The number of carboxylic acid groups (broad SMARTS) is 2. The second-order valence-electron chi connectivity index (χ2n) is 2.73. The number of ketones is 1. The first-order chi connectivity index (χ1) is 6.40. The molecule has 0 aromatic heterocycles. The van der Waals surface area contributed by atoms with Crippen LogP contribution in [0.2, 0.25) is 0 Å². The molecular weight excluding hydrogens is 192 g/mol. The lowest BCUT2D eigenvalue weighted by Gasteiger charge is -1.83. The summed E-state index contributed by atoms with van der Waals surface area (Å²) in [6.07, 6.45) is -0.111. The predicted molar refractivity (Wildman–Crippen MR) is 45.4 cm³/mol. The molecule has 0 aromatic carbocycles. The van der Waals surface area contributed by atoms with Gasteiger partial charge in [-0.1, -0.05) is 0 Å². The molecule has 1 aliphatic carbocycles. The van der Waals surface area contributed by atoms with Crippen molar-refractivity contribution in [3.63, 3.8) is 0 Å². The molecule has 7 nitrogen and oxygen atoms in total. The molecule has 0 aromatic rings. The van der Waals surface area contributed by atoms with Crippen molar-refractivity contribution in [2.45, 2.75) is 12.5 Å². The minimum atomic E-state index is -0.968. The van der Waals surface area contributed by atoms with Gasteiger partial charge in [0.1, 0.15) is 0 Å². The molecule has 0 amide bonds. The number of hydrogen-bond donors (Lipinski definition) is 4. The van der Waals surface area contributed by atoms with Crippen LogP contribution in [-0.4, -0.2) is 40.5 Å². The van der Waals surface area contributed by atoms with E-state index in [1.807, 2.05) is 0 Å². The molecule has 1 fully saturated rings. The Kier molecular flexibility index (Phi) is 4.74. The fourth-order valence-electron chi connectivity index (χ4n) is 0.729. The maximum atomic E-state index is 10.4. The summed E-state index contributed by atoms with van der Waals surface area (Å²) in [4.78, 5) is 29.5. The Bertz CT molecular complexity index is 252. The maximum Gasteiger partial charge on any atom is 0.317 e. The average Bonchev–Trinajstić information content (AvgIpc) is 2.62. The zero-order valence-corrected chi connectivity index (χ0v) is 7.34. The number of nitrogens with two attached hydrogens (primary N) is 2. The van der Waals surface area contributed by atoms with Gasteiger partial charge in [-0.2, -0.15) is 0 Å². The lowest BCUT2D eigenvalue weighted by atomic mass is 10.3. The van der Waals surface area contributed by atoms with Gasteiger partial charge in [-0.25, -0.2) is 0 Å². The van der Waals surface area contributed by atoms with Gasteiger partial charge in [0.2, 0.25) is 0 Å². The van der Waals surface area contributed by atoms with Crippen molar-refractivity contribution in [3.8, 4) is 0 Å². The monoisotopic (exact) mass is 204 g/mol. The number of carbonyl (C=O) groups excluding carboxylic acids is 1. The standard InChI is InChI=1S/C5H7NO3.C2H5NO2/c6-4-2(5(4)9)1-3(7)8;3-1-2(4)5/h2,4H,1,6H2,(H,7,8);1,3H2,(H,4,5). The van der Waals surface area contributed by atoms with Gasteiger partial charge in [-0.05, 0) is 0 Å². The molecule has 80 valence electrons. The van der Waals surface area contributed by atoms with Crippen LogP contribution in [0.5, 0.6) is 0 Å². The minimum absolute atomic E-state index is 0.111.